The van der Waals surface area contributed by atoms with Gasteiger partial charge in [-0.15, -0.1) is 0 Å². The molecule has 0 fully saturated rings. The molecule has 1 atom stereocenters. The Bertz CT molecular complexity index is 974. The molecule has 0 radical (unpaired) electrons. The number of carbonyl (C=O) groups is 2. The lowest BCUT2D eigenvalue weighted by molar-refractivity contribution is -0.134. The number of rotatable bonds is 7. The molecule has 3 aromatic rings. The van der Waals surface area contributed by atoms with E-state index in [1.165, 1.54) is 0 Å². The molecule has 148 valence electrons. The minimum absolute atomic E-state index is 0.0355. The molecule has 0 aromatic heterocycles. The van der Waals surface area contributed by atoms with Gasteiger partial charge in [0.05, 0.1) is 30.2 Å². The zero-order valence-electron chi connectivity index (χ0n) is 15.8. The molecular formula is C23H20ClNO4. The maximum Gasteiger partial charge on any atom is 0.313 e. The zero-order valence-corrected chi connectivity index (χ0v) is 16.6. The van der Waals surface area contributed by atoms with Crippen molar-refractivity contribution in [2.75, 3.05) is 7.11 Å². The zero-order chi connectivity index (χ0) is 20.6. The van der Waals surface area contributed by atoms with Crippen molar-refractivity contribution in [2.24, 2.45) is 0 Å². The van der Waals surface area contributed by atoms with E-state index >= 15 is 0 Å². The Morgan fingerprint density at radius 1 is 0.897 bits per heavy atom. The first-order chi connectivity index (χ1) is 14.1. The maximum atomic E-state index is 12.7. The van der Waals surface area contributed by atoms with E-state index < -0.39 is 12.0 Å². The van der Waals surface area contributed by atoms with Crippen molar-refractivity contribution in [3.05, 3.63) is 95.0 Å². The molecule has 0 bridgehead atoms. The number of methoxy groups -OCH3 is 1. The maximum absolute atomic E-state index is 12.7. The van der Waals surface area contributed by atoms with Gasteiger partial charge in [0, 0.05) is 0 Å². The number of ether oxygens (including phenoxy) is 2. The van der Waals surface area contributed by atoms with Crippen molar-refractivity contribution in [2.45, 2.75) is 12.5 Å². The predicted molar refractivity (Wildman–Crippen MR) is 111 cm³/mol. The van der Waals surface area contributed by atoms with Crippen LogP contribution in [0.5, 0.6) is 11.5 Å². The van der Waals surface area contributed by atoms with Crippen LogP contribution >= 0.6 is 11.6 Å². The van der Waals surface area contributed by atoms with Crippen LogP contribution < -0.4 is 14.8 Å². The minimum atomic E-state index is -0.564. The number of esters is 1. The molecule has 3 aromatic carbocycles. The summed E-state index contributed by atoms with van der Waals surface area (Å²) in [6.07, 6.45) is -0.0355. The Balaban J connectivity index is 1.74. The van der Waals surface area contributed by atoms with Gasteiger partial charge in [-0.3, -0.25) is 9.59 Å². The lowest BCUT2D eigenvalue weighted by Gasteiger charge is -2.19. The van der Waals surface area contributed by atoms with Crippen molar-refractivity contribution >= 4 is 23.5 Å². The first kappa shape index (κ1) is 20.4. The SMILES string of the molecule is COc1ccc(OC(=O)CC(NC(=O)c2ccccc2Cl)c2ccccc2)cc1. The van der Waals surface area contributed by atoms with E-state index in [9.17, 15) is 9.59 Å². The van der Waals surface area contributed by atoms with Crippen LogP contribution in [-0.2, 0) is 4.79 Å². The molecule has 29 heavy (non-hydrogen) atoms. The first-order valence-corrected chi connectivity index (χ1v) is 9.39. The number of nitrogens with one attached hydrogen (secondary N) is 1. The normalized spacial score (nSPS) is 11.4. The fourth-order valence-corrected chi connectivity index (χ4v) is 3.02. The lowest BCUT2D eigenvalue weighted by Crippen LogP contribution is -2.31. The highest BCUT2D eigenvalue weighted by molar-refractivity contribution is 6.33. The molecular weight excluding hydrogens is 390 g/mol. The molecule has 0 saturated carbocycles. The highest BCUT2D eigenvalue weighted by Gasteiger charge is 2.21. The fraction of sp³-hybridized carbons (Fsp3) is 0.130. The summed E-state index contributed by atoms with van der Waals surface area (Å²) in [5.41, 5.74) is 1.14. The van der Waals surface area contributed by atoms with Crippen LogP contribution in [0.25, 0.3) is 0 Å². The highest BCUT2D eigenvalue weighted by Crippen LogP contribution is 2.22. The van der Waals surface area contributed by atoms with Crippen LogP contribution in [0, 0.1) is 0 Å². The Kier molecular flexibility index (Phi) is 6.87. The standard InChI is InChI=1S/C23H20ClNO4/c1-28-17-11-13-18(14-12-17)29-22(26)15-21(16-7-3-2-4-8-16)25-23(27)19-9-5-6-10-20(19)24/h2-14,21H,15H2,1H3,(H,25,27). The summed E-state index contributed by atoms with van der Waals surface area (Å²) in [5.74, 6) is 0.240. The topological polar surface area (TPSA) is 64.6 Å². The average molecular weight is 410 g/mol. The van der Waals surface area contributed by atoms with E-state index in [0.717, 1.165) is 5.56 Å². The Morgan fingerprint density at radius 3 is 2.17 bits per heavy atom. The van der Waals surface area contributed by atoms with Crippen molar-refractivity contribution in [3.63, 3.8) is 0 Å². The molecule has 3 rings (SSSR count). The van der Waals surface area contributed by atoms with E-state index in [4.69, 9.17) is 21.1 Å². The minimum Gasteiger partial charge on any atom is -0.497 e. The van der Waals surface area contributed by atoms with E-state index in [0.29, 0.717) is 22.1 Å². The van der Waals surface area contributed by atoms with Crippen LogP contribution in [0.3, 0.4) is 0 Å². The number of halogens is 1. The van der Waals surface area contributed by atoms with Crippen LogP contribution in [0.15, 0.2) is 78.9 Å². The fourth-order valence-electron chi connectivity index (χ4n) is 2.80. The van der Waals surface area contributed by atoms with Gasteiger partial charge in [0.2, 0.25) is 0 Å². The Hall–Kier alpha value is -3.31. The van der Waals surface area contributed by atoms with Gasteiger partial charge in [-0.05, 0) is 42.0 Å². The second-order valence-corrected chi connectivity index (χ2v) is 6.68. The molecule has 0 spiro atoms. The van der Waals surface area contributed by atoms with Crippen molar-refractivity contribution in [1.29, 1.82) is 0 Å². The summed E-state index contributed by atoms with van der Waals surface area (Å²) >= 11 is 6.12. The molecule has 0 heterocycles. The largest absolute Gasteiger partial charge is 0.497 e. The molecule has 1 amide bonds. The number of hydrogen-bond acceptors (Lipinski definition) is 4. The number of amides is 1. The van der Waals surface area contributed by atoms with Gasteiger partial charge in [0.25, 0.3) is 5.91 Å². The summed E-state index contributed by atoms with van der Waals surface area (Å²) in [4.78, 5) is 25.2. The second-order valence-electron chi connectivity index (χ2n) is 6.27. The van der Waals surface area contributed by atoms with Gasteiger partial charge in [0.1, 0.15) is 11.5 Å². The van der Waals surface area contributed by atoms with Crippen LogP contribution in [0.1, 0.15) is 28.4 Å². The van der Waals surface area contributed by atoms with Crippen molar-refractivity contribution in [1.82, 2.24) is 5.32 Å². The van der Waals surface area contributed by atoms with Crippen LogP contribution in [0.4, 0.5) is 0 Å². The van der Waals surface area contributed by atoms with Crippen molar-refractivity contribution in [3.8, 4) is 11.5 Å². The van der Waals surface area contributed by atoms with Gasteiger partial charge in [-0.2, -0.15) is 0 Å². The van der Waals surface area contributed by atoms with Gasteiger partial charge in [-0.1, -0.05) is 54.1 Å². The summed E-state index contributed by atoms with van der Waals surface area (Å²) in [5, 5.41) is 3.23. The van der Waals surface area contributed by atoms with Gasteiger partial charge in [-0.25, -0.2) is 0 Å². The third-order valence-electron chi connectivity index (χ3n) is 4.29. The monoisotopic (exact) mass is 409 g/mol. The molecule has 0 aliphatic carbocycles. The van der Waals surface area contributed by atoms with E-state index in [1.807, 2.05) is 30.3 Å². The smallest absolute Gasteiger partial charge is 0.313 e. The molecule has 0 aliphatic heterocycles. The molecule has 5 nitrogen and oxygen atoms in total. The lowest BCUT2D eigenvalue weighted by atomic mass is 10.0. The number of benzene rings is 3. The van der Waals surface area contributed by atoms with Gasteiger partial charge < -0.3 is 14.8 Å². The summed E-state index contributed by atoms with van der Waals surface area (Å²) in [7, 11) is 1.56. The van der Waals surface area contributed by atoms with Crippen LogP contribution in [-0.4, -0.2) is 19.0 Å². The van der Waals surface area contributed by atoms with E-state index in [-0.39, 0.29) is 12.3 Å². The Morgan fingerprint density at radius 2 is 1.52 bits per heavy atom. The van der Waals surface area contributed by atoms with E-state index in [1.54, 1.807) is 55.6 Å². The summed E-state index contributed by atoms with van der Waals surface area (Å²) in [6.45, 7) is 0. The van der Waals surface area contributed by atoms with Crippen molar-refractivity contribution < 1.29 is 19.1 Å². The molecule has 0 saturated heterocycles. The van der Waals surface area contributed by atoms with Gasteiger partial charge in [0.15, 0.2) is 0 Å². The third kappa shape index (κ3) is 5.59. The highest BCUT2D eigenvalue weighted by atomic mass is 35.5. The number of hydrogen-bond donors (Lipinski definition) is 1. The summed E-state index contributed by atoms with van der Waals surface area (Å²) < 4.78 is 10.5. The third-order valence-corrected chi connectivity index (χ3v) is 4.62. The molecule has 1 unspecified atom stereocenters. The molecule has 6 heteroatoms. The van der Waals surface area contributed by atoms with E-state index in [2.05, 4.69) is 5.32 Å². The molecule has 0 aliphatic rings. The van der Waals surface area contributed by atoms with Gasteiger partial charge >= 0.3 is 5.97 Å². The molecule has 1 N–H and O–H groups in total. The Labute approximate surface area is 174 Å². The quantitative estimate of drug-likeness (QED) is 0.449. The summed E-state index contributed by atoms with van der Waals surface area (Å²) in [6, 6.07) is 22.2. The number of carbonyl (C=O) groups excluding carboxylic acids is 2. The second kappa shape index (κ2) is 9.75. The predicted octanol–water partition coefficient (Wildman–Crippen LogP) is 4.82. The first-order valence-electron chi connectivity index (χ1n) is 9.02. The average Bonchev–Trinajstić information content (AvgIpc) is 2.74. The van der Waals surface area contributed by atoms with Crippen LogP contribution in [0.2, 0.25) is 5.02 Å².